The standard InChI is InChI=1S/C16H19N5/c1-16(2,3)14-7-5-12(17)15(20-14)19-11-4-6-13-10(8-11)9-18-21-13/h4-9H,17H2,1-3H3,(H,18,21)(H,19,20). The molecule has 0 bridgehead atoms. The van der Waals surface area contributed by atoms with Crippen molar-refractivity contribution < 1.29 is 0 Å². The van der Waals surface area contributed by atoms with Crippen molar-refractivity contribution in [3.8, 4) is 0 Å². The van der Waals surface area contributed by atoms with Crippen LogP contribution in [0.2, 0.25) is 0 Å². The van der Waals surface area contributed by atoms with E-state index >= 15 is 0 Å². The monoisotopic (exact) mass is 281 g/mol. The lowest BCUT2D eigenvalue weighted by Gasteiger charge is -2.19. The van der Waals surface area contributed by atoms with Crippen LogP contribution in [0.1, 0.15) is 26.5 Å². The zero-order chi connectivity index (χ0) is 15.0. The summed E-state index contributed by atoms with van der Waals surface area (Å²) < 4.78 is 0. The minimum absolute atomic E-state index is 0.0152. The molecule has 0 saturated carbocycles. The van der Waals surface area contributed by atoms with Crippen molar-refractivity contribution in [1.82, 2.24) is 15.2 Å². The Morgan fingerprint density at radius 1 is 1.14 bits per heavy atom. The van der Waals surface area contributed by atoms with E-state index in [4.69, 9.17) is 5.73 Å². The summed E-state index contributed by atoms with van der Waals surface area (Å²) in [5.41, 5.74) is 9.60. The first kappa shape index (κ1) is 13.4. The van der Waals surface area contributed by atoms with E-state index in [-0.39, 0.29) is 5.41 Å². The Morgan fingerprint density at radius 3 is 2.71 bits per heavy atom. The fourth-order valence-corrected chi connectivity index (χ4v) is 2.14. The molecule has 1 aromatic carbocycles. The molecule has 2 aromatic heterocycles. The third kappa shape index (κ3) is 2.67. The number of anilines is 3. The van der Waals surface area contributed by atoms with Crippen molar-refractivity contribution in [1.29, 1.82) is 0 Å². The van der Waals surface area contributed by atoms with Gasteiger partial charge in [-0.1, -0.05) is 20.8 Å². The molecule has 0 fully saturated rings. The molecule has 0 aliphatic heterocycles. The molecule has 0 unspecified atom stereocenters. The van der Waals surface area contributed by atoms with Gasteiger partial charge in [-0.05, 0) is 30.3 Å². The average Bonchev–Trinajstić information content (AvgIpc) is 2.87. The SMILES string of the molecule is CC(C)(C)c1ccc(N)c(Nc2ccc3[nH]ncc3c2)n1. The van der Waals surface area contributed by atoms with Crippen LogP contribution in [0, 0.1) is 0 Å². The van der Waals surface area contributed by atoms with Crippen LogP contribution in [0.15, 0.2) is 36.5 Å². The Hall–Kier alpha value is -2.56. The van der Waals surface area contributed by atoms with Crippen LogP contribution in [-0.4, -0.2) is 15.2 Å². The maximum atomic E-state index is 6.03. The van der Waals surface area contributed by atoms with Gasteiger partial charge in [0.1, 0.15) is 0 Å². The number of H-pyrrole nitrogens is 1. The molecule has 3 aromatic rings. The van der Waals surface area contributed by atoms with Crippen LogP contribution in [0.4, 0.5) is 17.2 Å². The number of fused-ring (bicyclic) bond motifs is 1. The zero-order valence-electron chi connectivity index (χ0n) is 12.4. The molecule has 0 aliphatic carbocycles. The number of aromatic amines is 1. The van der Waals surface area contributed by atoms with Gasteiger partial charge in [-0.3, -0.25) is 5.10 Å². The molecule has 0 atom stereocenters. The van der Waals surface area contributed by atoms with Gasteiger partial charge in [0.15, 0.2) is 5.82 Å². The van der Waals surface area contributed by atoms with Crippen molar-refractivity contribution in [3.05, 3.63) is 42.2 Å². The highest BCUT2D eigenvalue weighted by atomic mass is 15.1. The van der Waals surface area contributed by atoms with E-state index in [2.05, 4.69) is 41.3 Å². The van der Waals surface area contributed by atoms with Gasteiger partial charge >= 0.3 is 0 Å². The summed E-state index contributed by atoms with van der Waals surface area (Å²) in [7, 11) is 0. The summed E-state index contributed by atoms with van der Waals surface area (Å²) in [6, 6.07) is 9.84. The first-order valence-electron chi connectivity index (χ1n) is 6.91. The van der Waals surface area contributed by atoms with Crippen molar-refractivity contribution >= 4 is 28.1 Å². The maximum absolute atomic E-state index is 6.03. The highest BCUT2D eigenvalue weighted by Crippen LogP contribution is 2.27. The Labute approximate surface area is 123 Å². The molecular weight excluding hydrogens is 262 g/mol. The predicted molar refractivity (Wildman–Crippen MR) is 86.7 cm³/mol. The quantitative estimate of drug-likeness (QED) is 0.670. The van der Waals surface area contributed by atoms with Gasteiger partial charge < -0.3 is 11.1 Å². The Morgan fingerprint density at radius 2 is 1.95 bits per heavy atom. The fourth-order valence-electron chi connectivity index (χ4n) is 2.14. The summed E-state index contributed by atoms with van der Waals surface area (Å²) in [6.45, 7) is 6.40. The van der Waals surface area contributed by atoms with E-state index in [0.717, 1.165) is 22.3 Å². The number of rotatable bonds is 2. The molecule has 0 amide bonds. The Bertz CT molecular complexity index is 783. The second-order valence-corrected chi connectivity index (χ2v) is 6.18. The van der Waals surface area contributed by atoms with E-state index in [0.29, 0.717) is 11.5 Å². The normalized spacial score (nSPS) is 11.8. The molecule has 5 heteroatoms. The predicted octanol–water partition coefficient (Wildman–Crippen LogP) is 3.58. The highest BCUT2D eigenvalue weighted by molar-refractivity contribution is 5.83. The van der Waals surface area contributed by atoms with E-state index in [9.17, 15) is 0 Å². The second kappa shape index (κ2) is 4.77. The summed E-state index contributed by atoms with van der Waals surface area (Å²) in [5.74, 6) is 0.685. The van der Waals surface area contributed by atoms with Crippen molar-refractivity contribution in [2.45, 2.75) is 26.2 Å². The molecule has 2 heterocycles. The summed E-state index contributed by atoms with van der Waals surface area (Å²) in [4.78, 5) is 4.65. The van der Waals surface area contributed by atoms with Crippen LogP contribution in [0.3, 0.4) is 0 Å². The van der Waals surface area contributed by atoms with E-state index in [1.807, 2.05) is 30.3 Å². The number of benzene rings is 1. The molecule has 108 valence electrons. The maximum Gasteiger partial charge on any atom is 0.153 e. The van der Waals surface area contributed by atoms with Crippen LogP contribution < -0.4 is 11.1 Å². The number of nitrogens with zero attached hydrogens (tertiary/aromatic N) is 2. The second-order valence-electron chi connectivity index (χ2n) is 6.18. The number of pyridine rings is 1. The molecule has 0 spiro atoms. The Balaban J connectivity index is 1.96. The lowest BCUT2D eigenvalue weighted by atomic mass is 9.91. The lowest BCUT2D eigenvalue weighted by Crippen LogP contribution is -2.14. The minimum atomic E-state index is -0.0152. The van der Waals surface area contributed by atoms with Crippen LogP contribution >= 0.6 is 0 Å². The molecule has 0 radical (unpaired) electrons. The first-order chi connectivity index (χ1) is 9.93. The third-order valence-corrected chi connectivity index (χ3v) is 3.40. The average molecular weight is 281 g/mol. The highest BCUT2D eigenvalue weighted by Gasteiger charge is 2.16. The topological polar surface area (TPSA) is 79.6 Å². The van der Waals surface area contributed by atoms with Crippen molar-refractivity contribution in [3.63, 3.8) is 0 Å². The summed E-state index contributed by atoms with van der Waals surface area (Å²) in [5, 5.41) is 11.3. The van der Waals surface area contributed by atoms with Crippen LogP contribution in [0.25, 0.3) is 10.9 Å². The number of hydrogen-bond donors (Lipinski definition) is 3. The van der Waals surface area contributed by atoms with Crippen molar-refractivity contribution in [2.75, 3.05) is 11.1 Å². The number of nitrogen functional groups attached to an aromatic ring is 1. The number of nitrogens with one attached hydrogen (secondary N) is 2. The molecule has 3 rings (SSSR count). The summed E-state index contributed by atoms with van der Waals surface area (Å²) >= 11 is 0. The zero-order valence-corrected chi connectivity index (χ0v) is 12.4. The van der Waals surface area contributed by atoms with E-state index < -0.39 is 0 Å². The molecule has 0 saturated heterocycles. The van der Waals surface area contributed by atoms with Gasteiger partial charge in [-0.2, -0.15) is 5.10 Å². The first-order valence-corrected chi connectivity index (χ1v) is 6.91. The third-order valence-electron chi connectivity index (χ3n) is 3.40. The van der Waals surface area contributed by atoms with E-state index in [1.54, 1.807) is 6.20 Å². The molecule has 21 heavy (non-hydrogen) atoms. The number of hydrogen-bond acceptors (Lipinski definition) is 4. The van der Waals surface area contributed by atoms with Gasteiger partial charge in [-0.15, -0.1) is 0 Å². The lowest BCUT2D eigenvalue weighted by molar-refractivity contribution is 0.570. The van der Waals surface area contributed by atoms with Crippen molar-refractivity contribution in [2.24, 2.45) is 0 Å². The Kier molecular flexibility index (Phi) is 3.05. The van der Waals surface area contributed by atoms with Gasteiger partial charge in [-0.25, -0.2) is 4.98 Å². The largest absolute Gasteiger partial charge is 0.396 e. The fraction of sp³-hybridized carbons (Fsp3) is 0.250. The number of aromatic nitrogens is 3. The van der Waals surface area contributed by atoms with Gasteiger partial charge in [0, 0.05) is 22.2 Å². The smallest absolute Gasteiger partial charge is 0.153 e. The minimum Gasteiger partial charge on any atom is -0.396 e. The molecule has 5 nitrogen and oxygen atoms in total. The summed E-state index contributed by atoms with van der Waals surface area (Å²) in [6.07, 6.45) is 1.79. The van der Waals surface area contributed by atoms with Crippen LogP contribution in [0.5, 0.6) is 0 Å². The van der Waals surface area contributed by atoms with Gasteiger partial charge in [0.05, 0.1) is 17.4 Å². The molecule has 0 aliphatic rings. The van der Waals surface area contributed by atoms with Crippen LogP contribution in [-0.2, 0) is 5.41 Å². The van der Waals surface area contributed by atoms with Gasteiger partial charge in [0.25, 0.3) is 0 Å². The van der Waals surface area contributed by atoms with E-state index in [1.165, 1.54) is 0 Å². The molecular formula is C16H19N5. The molecule has 4 N–H and O–H groups in total. The number of nitrogens with two attached hydrogens (primary N) is 1. The van der Waals surface area contributed by atoms with Gasteiger partial charge in [0.2, 0.25) is 0 Å².